The fourth-order valence-electron chi connectivity index (χ4n) is 2.19. The van der Waals surface area contributed by atoms with Crippen molar-refractivity contribution in [2.75, 3.05) is 12.4 Å². The van der Waals surface area contributed by atoms with Gasteiger partial charge in [-0.25, -0.2) is 0 Å². The molecule has 1 aliphatic rings. The van der Waals surface area contributed by atoms with Crippen molar-refractivity contribution >= 4 is 28.0 Å². The van der Waals surface area contributed by atoms with Gasteiger partial charge in [-0.05, 0) is 31.7 Å². The van der Waals surface area contributed by atoms with Crippen LogP contribution in [0.4, 0.5) is 0 Å². The summed E-state index contributed by atoms with van der Waals surface area (Å²) in [5.41, 5.74) is 0. The minimum absolute atomic E-state index is 0.0108. The van der Waals surface area contributed by atoms with Gasteiger partial charge in [-0.1, -0.05) is 6.07 Å². The first-order valence-electron chi connectivity index (χ1n) is 6.39. The number of rotatable bonds is 5. The van der Waals surface area contributed by atoms with Crippen LogP contribution in [0, 0.1) is 0 Å². The Kier molecular flexibility index (Phi) is 5.13. The van der Waals surface area contributed by atoms with Crippen molar-refractivity contribution in [1.29, 1.82) is 0 Å². The summed E-state index contributed by atoms with van der Waals surface area (Å²) in [7, 11) is -1.15. The smallest absolute Gasteiger partial charge is 0.233 e. The highest BCUT2D eigenvalue weighted by molar-refractivity contribution is 7.86. The van der Waals surface area contributed by atoms with E-state index in [0.717, 1.165) is 11.3 Å². The first-order valence-corrected chi connectivity index (χ1v) is 8.65. The fraction of sp³-hybridized carbons (Fsp3) is 0.615. The second-order valence-corrected chi connectivity index (χ2v) is 7.37. The molecular formula is C13H19NO3S2. The SMILES string of the molecule is C[C@H](NC(=O)C[S@](=O)[C@H]1CCO[C@@H]1C)c1cccs1. The van der Waals surface area contributed by atoms with Gasteiger partial charge in [-0.3, -0.25) is 9.00 Å². The van der Waals surface area contributed by atoms with Crippen LogP contribution in [0.15, 0.2) is 17.5 Å². The number of amides is 1. The molecule has 1 aromatic heterocycles. The Hall–Kier alpha value is -0.720. The van der Waals surface area contributed by atoms with Crippen molar-refractivity contribution in [3.63, 3.8) is 0 Å². The summed E-state index contributed by atoms with van der Waals surface area (Å²) < 4.78 is 17.5. The molecule has 1 fully saturated rings. The predicted octanol–water partition coefficient (Wildman–Crippen LogP) is 1.85. The number of nitrogens with one attached hydrogen (secondary N) is 1. The quantitative estimate of drug-likeness (QED) is 0.903. The molecule has 1 aliphatic heterocycles. The zero-order valence-corrected chi connectivity index (χ0v) is 12.8. The molecule has 6 heteroatoms. The van der Waals surface area contributed by atoms with E-state index in [1.165, 1.54) is 0 Å². The van der Waals surface area contributed by atoms with Gasteiger partial charge in [-0.15, -0.1) is 11.3 Å². The van der Waals surface area contributed by atoms with Gasteiger partial charge >= 0.3 is 0 Å². The maximum Gasteiger partial charge on any atom is 0.233 e. The largest absolute Gasteiger partial charge is 0.377 e. The number of thiophene rings is 1. The number of hydrogen-bond acceptors (Lipinski definition) is 4. The van der Waals surface area contributed by atoms with Gasteiger partial charge in [0.1, 0.15) is 5.75 Å². The molecule has 0 saturated carbocycles. The standard InChI is InChI=1S/C13H19NO3S2/c1-9(11-4-3-7-18-11)14-13(15)8-19(16)12-5-6-17-10(12)2/h3-4,7,9-10,12H,5-6,8H2,1-2H3,(H,14,15)/t9-,10+,12-,19-/m0/s1. The van der Waals surface area contributed by atoms with E-state index in [1.807, 2.05) is 31.4 Å². The molecule has 0 aliphatic carbocycles. The Labute approximate surface area is 120 Å². The van der Waals surface area contributed by atoms with Gasteiger partial charge in [0.05, 0.1) is 17.4 Å². The zero-order chi connectivity index (χ0) is 13.8. The van der Waals surface area contributed by atoms with Crippen LogP contribution in [0.2, 0.25) is 0 Å². The number of ether oxygens (including phenoxy) is 1. The highest BCUT2D eigenvalue weighted by Gasteiger charge is 2.30. The molecule has 0 radical (unpaired) electrons. The van der Waals surface area contributed by atoms with Gasteiger partial charge in [-0.2, -0.15) is 0 Å². The molecule has 0 spiro atoms. The second-order valence-electron chi connectivity index (χ2n) is 4.73. The van der Waals surface area contributed by atoms with E-state index < -0.39 is 10.8 Å². The van der Waals surface area contributed by atoms with Crippen LogP contribution in [0.1, 0.15) is 31.2 Å². The third-order valence-corrected chi connectivity index (χ3v) is 6.16. The third-order valence-electron chi connectivity index (χ3n) is 3.27. The van der Waals surface area contributed by atoms with E-state index in [4.69, 9.17) is 4.74 Å². The summed E-state index contributed by atoms with van der Waals surface area (Å²) >= 11 is 1.61. The van der Waals surface area contributed by atoms with Gasteiger partial charge in [0.25, 0.3) is 0 Å². The molecule has 19 heavy (non-hydrogen) atoms. The molecule has 0 unspecified atom stereocenters. The molecule has 1 amide bonds. The molecule has 2 rings (SSSR count). The number of hydrogen-bond donors (Lipinski definition) is 1. The first kappa shape index (κ1) is 14.7. The van der Waals surface area contributed by atoms with Crippen LogP contribution in [0.5, 0.6) is 0 Å². The maximum absolute atomic E-state index is 12.1. The predicted molar refractivity (Wildman–Crippen MR) is 77.7 cm³/mol. The maximum atomic E-state index is 12.1. The topological polar surface area (TPSA) is 55.4 Å². The second kappa shape index (κ2) is 6.63. The highest BCUT2D eigenvalue weighted by atomic mass is 32.2. The average Bonchev–Trinajstić information content (AvgIpc) is 2.98. The van der Waals surface area contributed by atoms with Crippen molar-refractivity contribution in [1.82, 2.24) is 5.32 Å². The molecule has 106 valence electrons. The molecule has 0 bridgehead atoms. The lowest BCUT2D eigenvalue weighted by Gasteiger charge is -2.15. The Balaban J connectivity index is 1.82. The van der Waals surface area contributed by atoms with Gasteiger partial charge in [0, 0.05) is 22.3 Å². The monoisotopic (exact) mass is 301 g/mol. The van der Waals surface area contributed by atoms with Crippen LogP contribution >= 0.6 is 11.3 Å². The Morgan fingerprint density at radius 2 is 2.47 bits per heavy atom. The molecule has 4 nitrogen and oxygen atoms in total. The van der Waals surface area contributed by atoms with Crippen molar-refractivity contribution < 1.29 is 13.7 Å². The van der Waals surface area contributed by atoms with Gasteiger partial charge < -0.3 is 10.1 Å². The lowest BCUT2D eigenvalue weighted by atomic mass is 10.3. The van der Waals surface area contributed by atoms with E-state index >= 15 is 0 Å². The molecular weight excluding hydrogens is 282 g/mol. The average molecular weight is 301 g/mol. The summed E-state index contributed by atoms with van der Waals surface area (Å²) in [6.45, 7) is 4.50. The van der Waals surface area contributed by atoms with E-state index in [9.17, 15) is 9.00 Å². The summed E-state index contributed by atoms with van der Waals surface area (Å²) in [4.78, 5) is 13.0. The van der Waals surface area contributed by atoms with Crippen LogP contribution in [0.3, 0.4) is 0 Å². The third kappa shape index (κ3) is 3.87. The van der Waals surface area contributed by atoms with E-state index in [-0.39, 0.29) is 29.1 Å². The molecule has 2 heterocycles. The summed E-state index contributed by atoms with van der Waals surface area (Å²) in [5.74, 6) is -0.0907. The van der Waals surface area contributed by atoms with Crippen molar-refractivity contribution in [3.05, 3.63) is 22.4 Å². The van der Waals surface area contributed by atoms with Crippen LogP contribution < -0.4 is 5.32 Å². The summed E-state index contributed by atoms with van der Waals surface area (Å²) in [6.07, 6.45) is 0.769. The lowest BCUT2D eigenvalue weighted by Crippen LogP contribution is -2.35. The van der Waals surface area contributed by atoms with Gasteiger partial charge in [0.2, 0.25) is 5.91 Å². The fourth-order valence-corrected chi connectivity index (χ4v) is 4.34. The lowest BCUT2D eigenvalue weighted by molar-refractivity contribution is -0.119. The Morgan fingerprint density at radius 1 is 1.68 bits per heavy atom. The molecule has 4 atom stereocenters. The van der Waals surface area contributed by atoms with Crippen LogP contribution in [-0.4, -0.2) is 33.8 Å². The van der Waals surface area contributed by atoms with Crippen LogP contribution in [0.25, 0.3) is 0 Å². The Morgan fingerprint density at radius 3 is 3.05 bits per heavy atom. The number of carbonyl (C=O) groups is 1. The van der Waals surface area contributed by atoms with E-state index in [1.54, 1.807) is 11.3 Å². The summed E-state index contributed by atoms with van der Waals surface area (Å²) in [6, 6.07) is 3.92. The normalized spacial score (nSPS) is 26.0. The molecule has 1 saturated heterocycles. The zero-order valence-electron chi connectivity index (χ0n) is 11.1. The summed E-state index contributed by atoms with van der Waals surface area (Å²) in [5, 5.41) is 4.86. The first-order chi connectivity index (χ1) is 9.08. The van der Waals surface area contributed by atoms with Crippen LogP contribution in [-0.2, 0) is 20.3 Å². The highest BCUT2D eigenvalue weighted by Crippen LogP contribution is 2.20. The number of carbonyl (C=O) groups excluding carboxylic acids is 1. The Bertz CT molecular complexity index is 447. The molecule has 0 aromatic carbocycles. The minimum Gasteiger partial charge on any atom is -0.377 e. The van der Waals surface area contributed by atoms with Crippen molar-refractivity contribution in [2.45, 2.75) is 37.7 Å². The van der Waals surface area contributed by atoms with Crippen molar-refractivity contribution in [2.24, 2.45) is 0 Å². The molecule has 1 N–H and O–H groups in total. The molecule has 1 aromatic rings. The minimum atomic E-state index is -1.15. The van der Waals surface area contributed by atoms with Crippen molar-refractivity contribution in [3.8, 4) is 0 Å². The van der Waals surface area contributed by atoms with E-state index in [2.05, 4.69) is 5.32 Å². The van der Waals surface area contributed by atoms with Gasteiger partial charge in [0.15, 0.2) is 0 Å². The van der Waals surface area contributed by atoms with E-state index in [0.29, 0.717) is 6.61 Å².